The number of nitrogens with zero attached hydrogens (tertiary/aromatic N) is 2. The van der Waals surface area contributed by atoms with Gasteiger partial charge in [-0.2, -0.15) is 5.10 Å². The summed E-state index contributed by atoms with van der Waals surface area (Å²) in [4.78, 5) is 0. The molecule has 5 heteroatoms. The first-order valence-electron chi connectivity index (χ1n) is 5.67. The molecule has 0 spiro atoms. The predicted molar refractivity (Wildman–Crippen MR) is 73.6 cm³/mol. The summed E-state index contributed by atoms with van der Waals surface area (Å²) in [6.45, 7) is 4.10. The summed E-state index contributed by atoms with van der Waals surface area (Å²) in [6, 6.07) is 5.36. The van der Waals surface area contributed by atoms with Crippen LogP contribution in [0.3, 0.4) is 0 Å². The summed E-state index contributed by atoms with van der Waals surface area (Å²) in [5, 5.41) is 14.6. The van der Waals surface area contributed by atoms with E-state index in [1.54, 1.807) is 23.0 Å². The van der Waals surface area contributed by atoms with Crippen molar-refractivity contribution in [2.24, 2.45) is 0 Å². The lowest BCUT2D eigenvalue weighted by Gasteiger charge is -2.12. The van der Waals surface area contributed by atoms with Crippen molar-refractivity contribution in [3.8, 4) is 5.69 Å². The molecule has 1 aromatic heterocycles. The molecule has 1 heterocycles. The molecule has 96 valence electrons. The van der Waals surface area contributed by atoms with Gasteiger partial charge in [0.25, 0.3) is 0 Å². The Morgan fingerprint density at radius 2 is 2.00 bits per heavy atom. The standard InChI is InChI=1S/C13H14Cl2N2O/c1-8(2)13-9(7-18)6-16-17(13)10-3-4-11(14)12(15)5-10/h3-6,8,18H,7H2,1-2H3. The second-order valence-electron chi connectivity index (χ2n) is 4.38. The van der Waals surface area contributed by atoms with E-state index in [9.17, 15) is 5.11 Å². The van der Waals surface area contributed by atoms with E-state index in [4.69, 9.17) is 23.2 Å². The Morgan fingerprint density at radius 3 is 2.56 bits per heavy atom. The first-order valence-corrected chi connectivity index (χ1v) is 6.43. The molecule has 0 fully saturated rings. The maximum atomic E-state index is 9.33. The molecule has 0 amide bonds. The van der Waals surface area contributed by atoms with Gasteiger partial charge in [-0.05, 0) is 24.1 Å². The second kappa shape index (κ2) is 5.31. The highest BCUT2D eigenvalue weighted by Crippen LogP contribution is 2.27. The van der Waals surface area contributed by atoms with Crippen molar-refractivity contribution < 1.29 is 5.11 Å². The van der Waals surface area contributed by atoms with E-state index in [2.05, 4.69) is 18.9 Å². The Morgan fingerprint density at radius 1 is 1.28 bits per heavy atom. The Bertz CT molecular complexity index is 564. The van der Waals surface area contributed by atoms with Crippen molar-refractivity contribution in [3.05, 3.63) is 45.7 Å². The quantitative estimate of drug-likeness (QED) is 0.931. The number of hydrogen-bond acceptors (Lipinski definition) is 2. The fourth-order valence-corrected chi connectivity index (χ4v) is 2.24. The van der Waals surface area contributed by atoms with Crippen LogP contribution >= 0.6 is 23.2 Å². The fraction of sp³-hybridized carbons (Fsp3) is 0.308. The minimum atomic E-state index is -0.0190. The van der Waals surface area contributed by atoms with Crippen LogP contribution < -0.4 is 0 Å². The Balaban J connectivity index is 2.56. The third-order valence-corrected chi connectivity index (χ3v) is 3.49. The maximum Gasteiger partial charge on any atom is 0.0715 e. The zero-order valence-corrected chi connectivity index (χ0v) is 11.7. The van der Waals surface area contributed by atoms with Gasteiger partial charge >= 0.3 is 0 Å². The zero-order valence-electron chi connectivity index (χ0n) is 10.2. The van der Waals surface area contributed by atoms with Gasteiger partial charge in [0.1, 0.15) is 0 Å². The summed E-state index contributed by atoms with van der Waals surface area (Å²) >= 11 is 11.9. The van der Waals surface area contributed by atoms with Gasteiger partial charge in [-0.3, -0.25) is 0 Å². The van der Waals surface area contributed by atoms with Gasteiger partial charge in [0.05, 0.1) is 34.2 Å². The van der Waals surface area contributed by atoms with Crippen LogP contribution in [0, 0.1) is 0 Å². The molecule has 0 saturated heterocycles. The van der Waals surface area contributed by atoms with Gasteiger partial charge in [-0.25, -0.2) is 4.68 Å². The van der Waals surface area contributed by atoms with Crippen molar-refractivity contribution in [1.29, 1.82) is 0 Å². The highest BCUT2D eigenvalue weighted by molar-refractivity contribution is 6.42. The number of aliphatic hydroxyl groups is 1. The summed E-state index contributed by atoms with van der Waals surface area (Å²) in [6.07, 6.45) is 1.68. The lowest BCUT2D eigenvalue weighted by molar-refractivity contribution is 0.280. The van der Waals surface area contributed by atoms with Gasteiger partial charge in [-0.15, -0.1) is 0 Å². The van der Waals surface area contributed by atoms with Crippen LogP contribution in [0.15, 0.2) is 24.4 Å². The topological polar surface area (TPSA) is 38.1 Å². The van der Waals surface area contributed by atoms with E-state index >= 15 is 0 Å². The van der Waals surface area contributed by atoms with E-state index in [1.165, 1.54) is 0 Å². The Labute approximate surface area is 116 Å². The summed E-state index contributed by atoms with van der Waals surface area (Å²) in [5.41, 5.74) is 2.65. The number of aliphatic hydroxyl groups excluding tert-OH is 1. The third-order valence-electron chi connectivity index (χ3n) is 2.75. The average Bonchev–Trinajstić information content (AvgIpc) is 2.76. The minimum Gasteiger partial charge on any atom is -0.392 e. The highest BCUT2D eigenvalue weighted by atomic mass is 35.5. The van der Waals surface area contributed by atoms with Crippen LogP contribution in [-0.2, 0) is 6.61 Å². The van der Waals surface area contributed by atoms with Crippen LogP contribution in [0.2, 0.25) is 10.0 Å². The van der Waals surface area contributed by atoms with E-state index in [0.29, 0.717) is 10.0 Å². The molecule has 2 aromatic rings. The number of halogens is 2. The molecule has 18 heavy (non-hydrogen) atoms. The van der Waals surface area contributed by atoms with Crippen molar-refractivity contribution >= 4 is 23.2 Å². The van der Waals surface area contributed by atoms with Crippen LogP contribution in [0.25, 0.3) is 5.69 Å². The molecule has 2 rings (SSSR count). The molecule has 0 radical (unpaired) electrons. The lowest BCUT2D eigenvalue weighted by Crippen LogP contribution is -2.05. The minimum absolute atomic E-state index is 0.0190. The first-order chi connectivity index (χ1) is 8.54. The molecule has 1 N–H and O–H groups in total. The van der Waals surface area contributed by atoms with Crippen LogP contribution in [0.1, 0.15) is 31.0 Å². The Kier molecular flexibility index (Phi) is 3.95. The van der Waals surface area contributed by atoms with Crippen molar-refractivity contribution in [2.45, 2.75) is 26.4 Å². The first kappa shape index (κ1) is 13.4. The van der Waals surface area contributed by atoms with Crippen molar-refractivity contribution in [3.63, 3.8) is 0 Å². The average molecular weight is 285 g/mol. The van der Waals surface area contributed by atoms with E-state index in [0.717, 1.165) is 16.9 Å². The van der Waals surface area contributed by atoms with E-state index in [-0.39, 0.29) is 12.5 Å². The predicted octanol–water partition coefficient (Wildman–Crippen LogP) is 3.79. The summed E-state index contributed by atoms with van der Waals surface area (Å²) in [5.74, 6) is 0.254. The van der Waals surface area contributed by atoms with Crippen LogP contribution in [0.5, 0.6) is 0 Å². The van der Waals surface area contributed by atoms with Gasteiger partial charge < -0.3 is 5.11 Å². The lowest BCUT2D eigenvalue weighted by atomic mass is 10.1. The second-order valence-corrected chi connectivity index (χ2v) is 5.19. The van der Waals surface area contributed by atoms with Gasteiger partial charge in [0.15, 0.2) is 0 Å². The molecule has 0 bridgehead atoms. The molecule has 3 nitrogen and oxygen atoms in total. The van der Waals surface area contributed by atoms with Crippen LogP contribution in [-0.4, -0.2) is 14.9 Å². The molecule has 0 aliphatic rings. The molecule has 1 aromatic carbocycles. The molecular formula is C13H14Cl2N2O. The highest BCUT2D eigenvalue weighted by Gasteiger charge is 2.15. The molecule has 0 atom stereocenters. The van der Waals surface area contributed by atoms with Gasteiger partial charge in [-0.1, -0.05) is 37.0 Å². The van der Waals surface area contributed by atoms with Crippen LogP contribution in [0.4, 0.5) is 0 Å². The number of hydrogen-bond donors (Lipinski definition) is 1. The Hall–Kier alpha value is -1.03. The fourth-order valence-electron chi connectivity index (χ4n) is 1.95. The van der Waals surface area contributed by atoms with E-state index < -0.39 is 0 Å². The zero-order chi connectivity index (χ0) is 13.3. The van der Waals surface area contributed by atoms with Crippen molar-refractivity contribution in [1.82, 2.24) is 9.78 Å². The molecule has 0 unspecified atom stereocenters. The number of rotatable bonds is 3. The third kappa shape index (κ3) is 2.39. The van der Waals surface area contributed by atoms with Crippen molar-refractivity contribution in [2.75, 3.05) is 0 Å². The monoisotopic (exact) mass is 284 g/mol. The molecule has 0 aliphatic carbocycles. The molecule has 0 aliphatic heterocycles. The molecule has 0 saturated carbocycles. The number of aromatic nitrogens is 2. The SMILES string of the molecule is CC(C)c1c(CO)cnn1-c1ccc(Cl)c(Cl)c1. The van der Waals surface area contributed by atoms with E-state index in [1.807, 2.05) is 6.07 Å². The summed E-state index contributed by atoms with van der Waals surface area (Å²) < 4.78 is 1.79. The van der Waals surface area contributed by atoms with Gasteiger partial charge in [0, 0.05) is 5.56 Å². The largest absolute Gasteiger partial charge is 0.392 e. The maximum absolute atomic E-state index is 9.33. The smallest absolute Gasteiger partial charge is 0.0715 e. The number of benzene rings is 1. The normalized spacial score (nSPS) is 11.2. The van der Waals surface area contributed by atoms with Gasteiger partial charge in [0.2, 0.25) is 0 Å². The summed E-state index contributed by atoms with van der Waals surface area (Å²) in [7, 11) is 0. The molecular weight excluding hydrogens is 271 g/mol.